The number of carbonyl (C=O) groups is 4. The van der Waals surface area contributed by atoms with Crippen molar-refractivity contribution < 1.29 is 29.4 Å². The predicted octanol–water partition coefficient (Wildman–Crippen LogP) is -0.394. The zero-order chi connectivity index (χ0) is 29.3. The molecule has 4 heterocycles. The number of tetrazole rings is 1. The first-order valence-electron chi connectivity index (χ1n) is 12.0. The standard InChI is InChI=1S/C24H22N8O7S2/c1-31-24(28-29-30-31)41-10-12-9-40-22-17(21(37)32(22)18(12)23(38)39)27-20(36)16(11-2-4-13(33)5-3-11)26-19(35)14-8-25-7-6-15(14)34/h2-8,16-17,22,33H,9-10H2,1H3,(H,25,34)(H,26,35)(H,27,36)(H,38,39)/t16?,17?,22-/m0/s1. The number of carboxylic acid groups (broad SMARTS) is 1. The Labute approximate surface area is 239 Å². The van der Waals surface area contributed by atoms with Crippen LogP contribution in [0.25, 0.3) is 0 Å². The van der Waals surface area contributed by atoms with Gasteiger partial charge >= 0.3 is 5.97 Å². The monoisotopic (exact) mass is 598 g/mol. The highest BCUT2D eigenvalue weighted by molar-refractivity contribution is 8.01. The van der Waals surface area contributed by atoms with Gasteiger partial charge in [-0.25, -0.2) is 9.48 Å². The number of nitrogens with one attached hydrogen (secondary N) is 3. The summed E-state index contributed by atoms with van der Waals surface area (Å²) in [7, 11) is 1.65. The van der Waals surface area contributed by atoms with Gasteiger partial charge in [-0.05, 0) is 33.7 Å². The number of fused-ring (bicyclic) bond motifs is 1. The summed E-state index contributed by atoms with van der Waals surface area (Å²) in [5.41, 5.74) is -0.154. The number of phenolic OH excluding ortho intramolecular Hbond substituents is 1. The number of phenols is 1. The summed E-state index contributed by atoms with van der Waals surface area (Å²) < 4.78 is 1.45. The number of aliphatic carboxylic acids is 1. The second-order valence-corrected chi connectivity index (χ2v) is 11.0. The number of carbonyl (C=O) groups excluding carboxylic acids is 3. The van der Waals surface area contributed by atoms with Gasteiger partial charge in [0.05, 0.1) is 0 Å². The highest BCUT2D eigenvalue weighted by Gasteiger charge is 2.54. The van der Waals surface area contributed by atoms with Gasteiger partial charge in [0.1, 0.15) is 34.5 Å². The van der Waals surface area contributed by atoms with Crippen LogP contribution in [-0.4, -0.2) is 86.9 Å². The Kier molecular flexibility index (Phi) is 7.80. The molecule has 2 aliphatic heterocycles. The lowest BCUT2D eigenvalue weighted by molar-refractivity contribution is -0.151. The molecule has 1 saturated heterocycles. The summed E-state index contributed by atoms with van der Waals surface area (Å²) in [4.78, 5) is 67.6. The van der Waals surface area contributed by atoms with Gasteiger partial charge in [0.25, 0.3) is 11.8 Å². The van der Waals surface area contributed by atoms with E-state index in [0.29, 0.717) is 10.7 Å². The van der Waals surface area contributed by atoms with Crippen molar-refractivity contribution >= 4 is 47.2 Å². The second kappa shape index (κ2) is 11.5. The summed E-state index contributed by atoms with van der Waals surface area (Å²) >= 11 is 2.52. The van der Waals surface area contributed by atoms with Crippen molar-refractivity contribution in [3.63, 3.8) is 0 Å². The minimum atomic E-state index is -1.33. The maximum atomic E-state index is 13.4. The third-order valence-corrected chi connectivity index (χ3v) is 8.77. The molecule has 17 heteroatoms. The van der Waals surface area contributed by atoms with Gasteiger partial charge in [0.15, 0.2) is 5.43 Å². The number of aryl methyl sites for hydroxylation is 1. The van der Waals surface area contributed by atoms with Crippen LogP contribution in [0.5, 0.6) is 5.75 Å². The van der Waals surface area contributed by atoms with Crippen LogP contribution in [0.3, 0.4) is 0 Å². The predicted molar refractivity (Wildman–Crippen MR) is 145 cm³/mol. The van der Waals surface area contributed by atoms with E-state index in [-0.39, 0.29) is 34.1 Å². The van der Waals surface area contributed by atoms with E-state index < -0.39 is 46.6 Å². The van der Waals surface area contributed by atoms with E-state index in [9.17, 15) is 34.2 Å². The van der Waals surface area contributed by atoms with Crippen LogP contribution in [0.15, 0.2) is 63.9 Å². The smallest absolute Gasteiger partial charge is 0.352 e. The maximum absolute atomic E-state index is 13.4. The molecule has 3 aromatic rings. The third kappa shape index (κ3) is 5.53. The highest BCUT2D eigenvalue weighted by Crippen LogP contribution is 2.41. The zero-order valence-corrected chi connectivity index (χ0v) is 22.8. The van der Waals surface area contributed by atoms with Crippen LogP contribution in [-0.2, 0) is 21.4 Å². The summed E-state index contributed by atoms with van der Waals surface area (Å²) in [5.74, 6) is -3.02. The number of rotatable bonds is 9. The van der Waals surface area contributed by atoms with Crippen molar-refractivity contribution in [1.29, 1.82) is 0 Å². The number of amides is 3. The summed E-state index contributed by atoms with van der Waals surface area (Å²) in [6.45, 7) is 0. The van der Waals surface area contributed by atoms with E-state index >= 15 is 0 Å². The molecule has 1 aromatic carbocycles. The van der Waals surface area contributed by atoms with Gasteiger partial charge in [-0.3, -0.25) is 24.1 Å². The largest absolute Gasteiger partial charge is 0.508 e. The molecular formula is C24H22N8O7S2. The third-order valence-electron chi connectivity index (χ3n) is 6.34. The molecule has 0 bridgehead atoms. The number of aromatic nitrogens is 5. The Morgan fingerprint density at radius 1 is 1.22 bits per heavy atom. The molecule has 5 N–H and O–H groups in total. The molecule has 5 rings (SSSR count). The zero-order valence-electron chi connectivity index (χ0n) is 21.2. The number of thioether (sulfide) groups is 2. The van der Waals surface area contributed by atoms with Crippen LogP contribution in [0, 0.1) is 0 Å². The van der Waals surface area contributed by atoms with Crippen LogP contribution in [0.2, 0.25) is 0 Å². The number of aromatic hydroxyl groups is 1. The molecule has 0 spiro atoms. The van der Waals surface area contributed by atoms with Crippen molar-refractivity contribution in [3.8, 4) is 5.75 Å². The van der Waals surface area contributed by atoms with Crippen LogP contribution in [0.1, 0.15) is 22.0 Å². The van der Waals surface area contributed by atoms with Gasteiger partial charge in [-0.2, -0.15) is 0 Å². The lowest BCUT2D eigenvalue weighted by Crippen LogP contribution is -2.71. The van der Waals surface area contributed by atoms with Gasteiger partial charge in [0, 0.05) is 37.0 Å². The number of hydrogen-bond acceptors (Lipinski definition) is 11. The number of nitrogens with zero attached hydrogens (tertiary/aromatic N) is 5. The average Bonchev–Trinajstić information content (AvgIpc) is 3.37. The number of carboxylic acids is 1. The molecule has 212 valence electrons. The maximum Gasteiger partial charge on any atom is 0.352 e. The van der Waals surface area contributed by atoms with Crippen molar-refractivity contribution in [2.45, 2.75) is 22.6 Å². The summed E-state index contributed by atoms with van der Waals surface area (Å²) in [5, 5.41) is 35.7. The summed E-state index contributed by atoms with van der Waals surface area (Å²) in [6, 6.07) is 4.25. The van der Waals surface area contributed by atoms with E-state index in [1.54, 1.807) is 7.05 Å². The molecule has 15 nitrogen and oxygen atoms in total. The van der Waals surface area contributed by atoms with Crippen molar-refractivity contribution in [3.05, 3.63) is 75.3 Å². The van der Waals surface area contributed by atoms with E-state index in [0.717, 1.165) is 11.0 Å². The van der Waals surface area contributed by atoms with Gasteiger partial charge < -0.3 is 25.8 Å². The number of aromatic amines is 1. The topological polar surface area (TPSA) is 212 Å². The molecule has 2 aromatic heterocycles. The quantitative estimate of drug-likeness (QED) is 0.157. The van der Waals surface area contributed by atoms with Crippen LogP contribution >= 0.6 is 23.5 Å². The summed E-state index contributed by atoms with van der Waals surface area (Å²) in [6.07, 6.45) is 2.56. The molecule has 41 heavy (non-hydrogen) atoms. The minimum Gasteiger partial charge on any atom is -0.508 e. The molecule has 2 unspecified atom stereocenters. The van der Waals surface area contributed by atoms with E-state index in [2.05, 4.69) is 31.1 Å². The molecule has 2 aliphatic rings. The Hall–Kier alpha value is -4.64. The van der Waals surface area contributed by atoms with Crippen LogP contribution < -0.4 is 16.1 Å². The lowest BCUT2D eigenvalue weighted by atomic mass is 10.0. The van der Waals surface area contributed by atoms with Crippen LogP contribution in [0.4, 0.5) is 0 Å². The first kappa shape index (κ1) is 27.9. The van der Waals surface area contributed by atoms with Crippen molar-refractivity contribution in [2.75, 3.05) is 11.5 Å². The lowest BCUT2D eigenvalue weighted by Gasteiger charge is -2.49. The SMILES string of the molecule is Cn1nnnc1SCC1=C(C(=O)O)N2C(=O)C(NC(=O)C(NC(=O)c3c[nH]ccc3=O)c3ccc(O)cc3)[C@@H]2SC1. The van der Waals surface area contributed by atoms with E-state index in [1.807, 2.05) is 0 Å². The molecule has 3 amide bonds. The second-order valence-electron chi connectivity index (χ2n) is 8.95. The molecule has 0 saturated carbocycles. The number of β-lactam (4-membered cyclic amide) rings is 1. The Balaban J connectivity index is 1.34. The fourth-order valence-electron chi connectivity index (χ4n) is 4.30. The number of hydrogen-bond donors (Lipinski definition) is 5. The number of H-pyrrole nitrogens is 1. The van der Waals surface area contributed by atoms with Gasteiger partial charge in [-0.1, -0.05) is 23.9 Å². The molecule has 3 atom stereocenters. The normalized spacial score (nSPS) is 18.8. The fourth-order valence-corrected chi connectivity index (χ4v) is 6.63. The number of benzene rings is 1. The average molecular weight is 599 g/mol. The fraction of sp³-hybridized carbons (Fsp3) is 0.250. The van der Waals surface area contributed by atoms with E-state index in [1.165, 1.54) is 64.9 Å². The Bertz CT molecular complexity index is 1620. The molecule has 0 aliphatic carbocycles. The van der Waals surface area contributed by atoms with Gasteiger partial charge in [0.2, 0.25) is 11.1 Å². The Morgan fingerprint density at radius 2 is 1.98 bits per heavy atom. The van der Waals surface area contributed by atoms with E-state index in [4.69, 9.17) is 0 Å². The highest BCUT2D eigenvalue weighted by atomic mass is 32.2. The minimum absolute atomic E-state index is 0.0699. The number of pyridine rings is 1. The Morgan fingerprint density at radius 3 is 2.63 bits per heavy atom. The van der Waals surface area contributed by atoms with Crippen molar-refractivity contribution in [1.82, 2.24) is 40.7 Å². The first-order valence-corrected chi connectivity index (χ1v) is 14.0. The molecular weight excluding hydrogens is 576 g/mol. The van der Waals surface area contributed by atoms with Crippen molar-refractivity contribution in [2.24, 2.45) is 7.05 Å². The molecule has 1 fully saturated rings. The van der Waals surface area contributed by atoms with Gasteiger partial charge in [-0.15, -0.1) is 16.9 Å². The molecule has 0 radical (unpaired) electrons. The first-order chi connectivity index (χ1) is 19.7.